The highest BCUT2D eigenvalue weighted by Gasteiger charge is 2.39. The molecule has 2 aliphatic rings. The van der Waals surface area contributed by atoms with Crippen molar-refractivity contribution in [3.8, 4) is 0 Å². The van der Waals surface area contributed by atoms with Gasteiger partial charge in [-0.3, -0.25) is 0 Å². The van der Waals surface area contributed by atoms with Crippen LogP contribution in [0.2, 0.25) is 0 Å². The van der Waals surface area contributed by atoms with E-state index in [4.69, 9.17) is 5.11 Å². The summed E-state index contributed by atoms with van der Waals surface area (Å²) >= 11 is 0. The van der Waals surface area contributed by atoms with Crippen LogP contribution in [0.1, 0.15) is 99.8 Å². The van der Waals surface area contributed by atoms with Crippen LogP contribution in [0.4, 0.5) is 0 Å². The van der Waals surface area contributed by atoms with Gasteiger partial charge in [0.25, 0.3) is 0 Å². The van der Waals surface area contributed by atoms with Crippen molar-refractivity contribution >= 4 is 0 Å². The van der Waals surface area contributed by atoms with E-state index in [1.54, 1.807) is 0 Å². The largest absolute Gasteiger partial charge is 0.396 e. The first-order valence-corrected chi connectivity index (χ1v) is 11.4. The van der Waals surface area contributed by atoms with Gasteiger partial charge in [0.1, 0.15) is 0 Å². The van der Waals surface area contributed by atoms with Crippen molar-refractivity contribution in [2.45, 2.75) is 106 Å². The molecule has 2 heteroatoms. The monoisotopic (exact) mass is 368 g/mol. The third-order valence-corrected chi connectivity index (χ3v) is 8.03. The van der Waals surface area contributed by atoms with Gasteiger partial charge in [-0.05, 0) is 99.2 Å². The smallest absolute Gasteiger partial charge is 0.0540 e. The van der Waals surface area contributed by atoms with E-state index in [0.29, 0.717) is 23.9 Å². The summed E-state index contributed by atoms with van der Waals surface area (Å²) in [5.74, 6) is 4.57. The Morgan fingerprint density at radius 3 is 1.81 bits per heavy atom. The van der Waals surface area contributed by atoms with Gasteiger partial charge in [0.15, 0.2) is 0 Å². The van der Waals surface area contributed by atoms with E-state index in [-0.39, 0.29) is 6.10 Å². The minimum atomic E-state index is -0.0851. The zero-order valence-electron chi connectivity index (χ0n) is 18.8. The predicted octanol–water partition coefficient (Wildman–Crippen LogP) is 6.30. The minimum absolute atomic E-state index is 0.0851. The SMILES string of the molecule is CC(C)C1CCC(C(C)O)CC1.CC(CO)CCC1CCC(C)C1(C)C. The van der Waals surface area contributed by atoms with Crippen LogP contribution in [0.3, 0.4) is 0 Å². The highest BCUT2D eigenvalue weighted by molar-refractivity contribution is 4.89. The van der Waals surface area contributed by atoms with Gasteiger partial charge < -0.3 is 10.2 Å². The molecule has 0 aromatic carbocycles. The molecule has 2 saturated carbocycles. The molecule has 4 atom stereocenters. The molecule has 0 saturated heterocycles. The fourth-order valence-corrected chi connectivity index (χ4v) is 4.98. The van der Waals surface area contributed by atoms with Crippen LogP contribution in [0.15, 0.2) is 0 Å². The molecule has 0 aliphatic heterocycles. The fraction of sp³-hybridized carbons (Fsp3) is 1.00. The molecule has 0 aromatic heterocycles. The van der Waals surface area contributed by atoms with Crippen LogP contribution in [-0.4, -0.2) is 22.9 Å². The molecule has 4 unspecified atom stereocenters. The van der Waals surface area contributed by atoms with Gasteiger partial charge in [-0.2, -0.15) is 0 Å². The predicted molar refractivity (Wildman–Crippen MR) is 113 cm³/mol. The third-order valence-electron chi connectivity index (χ3n) is 8.03. The lowest BCUT2D eigenvalue weighted by Crippen LogP contribution is -2.25. The first-order valence-electron chi connectivity index (χ1n) is 11.4. The lowest BCUT2D eigenvalue weighted by Gasteiger charge is -2.32. The summed E-state index contributed by atoms with van der Waals surface area (Å²) in [5, 5.41) is 18.4. The van der Waals surface area contributed by atoms with Crippen molar-refractivity contribution in [2.75, 3.05) is 6.61 Å². The first-order chi connectivity index (χ1) is 12.1. The Bertz CT molecular complexity index is 350. The van der Waals surface area contributed by atoms with E-state index < -0.39 is 0 Å². The van der Waals surface area contributed by atoms with Gasteiger partial charge in [0.2, 0.25) is 0 Å². The van der Waals surface area contributed by atoms with Crippen LogP contribution in [0.25, 0.3) is 0 Å². The molecule has 2 aliphatic carbocycles. The summed E-state index contributed by atoms with van der Waals surface area (Å²) < 4.78 is 0. The van der Waals surface area contributed by atoms with Crippen LogP contribution in [-0.2, 0) is 0 Å². The van der Waals surface area contributed by atoms with E-state index in [1.807, 2.05) is 6.92 Å². The van der Waals surface area contributed by atoms with Crippen LogP contribution < -0.4 is 0 Å². The number of hydrogen-bond acceptors (Lipinski definition) is 2. The van der Waals surface area contributed by atoms with Gasteiger partial charge in [0.05, 0.1) is 6.10 Å². The second-order valence-electron chi connectivity index (χ2n) is 10.5. The van der Waals surface area contributed by atoms with E-state index in [1.165, 1.54) is 51.4 Å². The summed E-state index contributed by atoms with van der Waals surface area (Å²) in [4.78, 5) is 0. The second kappa shape index (κ2) is 11.1. The van der Waals surface area contributed by atoms with Crippen LogP contribution in [0, 0.1) is 40.9 Å². The lowest BCUT2D eigenvalue weighted by molar-refractivity contribution is 0.0810. The Hall–Kier alpha value is -0.0800. The Labute approximate surface area is 164 Å². The van der Waals surface area contributed by atoms with Gasteiger partial charge in [-0.1, -0.05) is 41.5 Å². The topological polar surface area (TPSA) is 40.5 Å². The second-order valence-corrected chi connectivity index (χ2v) is 10.5. The highest BCUT2D eigenvalue weighted by Crippen LogP contribution is 2.49. The molecule has 2 fully saturated rings. The molecule has 0 heterocycles. The molecule has 0 aromatic rings. The van der Waals surface area contributed by atoms with E-state index in [0.717, 1.165) is 23.7 Å². The molecule has 0 radical (unpaired) electrons. The van der Waals surface area contributed by atoms with Gasteiger partial charge in [-0.25, -0.2) is 0 Å². The molecule has 26 heavy (non-hydrogen) atoms. The number of aliphatic hydroxyl groups is 2. The van der Waals surface area contributed by atoms with Crippen molar-refractivity contribution in [2.24, 2.45) is 40.9 Å². The summed E-state index contributed by atoms with van der Waals surface area (Å²) in [7, 11) is 0. The van der Waals surface area contributed by atoms with Gasteiger partial charge >= 0.3 is 0 Å². The maximum Gasteiger partial charge on any atom is 0.0540 e. The van der Waals surface area contributed by atoms with E-state index in [9.17, 15) is 5.11 Å². The lowest BCUT2D eigenvalue weighted by atomic mass is 9.74. The number of rotatable bonds is 6. The van der Waals surface area contributed by atoms with Crippen molar-refractivity contribution in [1.29, 1.82) is 0 Å². The first kappa shape index (κ1) is 24.0. The number of hydrogen-bond donors (Lipinski definition) is 2. The Morgan fingerprint density at radius 1 is 0.885 bits per heavy atom. The summed E-state index contributed by atoms with van der Waals surface area (Å²) in [6.07, 6.45) is 10.3. The molecule has 0 bridgehead atoms. The Morgan fingerprint density at radius 2 is 1.42 bits per heavy atom. The van der Waals surface area contributed by atoms with Crippen molar-refractivity contribution in [3.63, 3.8) is 0 Å². The molecule has 2 N–H and O–H groups in total. The maximum atomic E-state index is 9.40. The van der Waals surface area contributed by atoms with E-state index >= 15 is 0 Å². The van der Waals surface area contributed by atoms with Crippen molar-refractivity contribution in [1.82, 2.24) is 0 Å². The molecule has 0 spiro atoms. The minimum Gasteiger partial charge on any atom is -0.396 e. The third kappa shape index (κ3) is 7.15. The molecular formula is C24H48O2. The summed E-state index contributed by atoms with van der Waals surface area (Å²) in [6.45, 7) is 16.3. The van der Waals surface area contributed by atoms with Gasteiger partial charge in [-0.15, -0.1) is 0 Å². The molecule has 2 rings (SSSR count). The normalized spacial score (nSPS) is 33.5. The average molecular weight is 369 g/mol. The van der Waals surface area contributed by atoms with Crippen LogP contribution in [0.5, 0.6) is 0 Å². The van der Waals surface area contributed by atoms with Gasteiger partial charge in [0, 0.05) is 6.61 Å². The molecular weight excluding hydrogens is 320 g/mol. The maximum absolute atomic E-state index is 9.40. The van der Waals surface area contributed by atoms with E-state index in [2.05, 4.69) is 41.5 Å². The average Bonchev–Trinajstić information content (AvgIpc) is 2.86. The Kier molecular flexibility index (Phi) is 10.2. The molecule has 0 amide bonds. The van der Waals surface area contributed by atoms with Crippen LogP contribution >= 0.6 is 0 Å². The number of aliphatic hydroxyl groups excluding tert-OH is 2. The van der Waals surface area contributed by atoms with Crippen molar-refractivity contribution < 1.29 is 10.2 Å². The van der Waals surface area contributed by atoms with Crippen molar-refractivity contribution in [3.05, 3.63) is 0 Å². The highest BCUT2D eigenvalue weighted by atomic mass is 16.3. The summed E-state index contributed by atoms with van der Waals surface area (Å²) in [6, 6.07) is 0. The summed E-state index contributed by atoms with van der Waals surface area (Å²) in [5.41, 5.74) is 0.523. The zero-order chi connectivity index (χ0) is 19.9. The Balaban J connectivity index is 0.000000263. The fourth-order valence-electron chi connectivity index (χ4n) is 4.98. The zero-order valence-corrected chi connectivity index (χ0v) is 18.8. The quantitative estimate of drug-likeness (QED) is 0.578. The standard InChI is InChI=1S/C13H26O.C11H22O/c1-10(9-14)5-7-12-8-6-11(2)13(12,3)4;1-8(2)10-4-6-11(7-5-10)9(3)12/h10-12,14H,5-9H2,1-4H3;8-12H,4-7H2,1-3H3. The molecule has 2 nitrogen and oxygen atoms in total. The molecule has 156 valence electrons.